The predicted octanol–water partition coefficient (Wildman–Crippen LogP) is 13.6. The van der Waals surface area contributed by atoms with E-state index in [0.29, 0.717) is 23.7 Å². The molecule has 11 aromatic rings. The average Bonchev–Trinajstić information content (AvgIpc) is 3.91. The monoisotopic (exact) mass is 928 g/mol. The second-order valence-electron chi connectivity index (χ2n) is 22.3. The number of nitrogens with zero attached hydrogens (tertiary/aromatic N) is 2. The summed E-state index contributed by atoms with van der Waals surface area (Å²) in [5, 5.41) is 5.15. The van der Waals surface area contributed by atoms with Crippen molar-refractivity contribution >= 4 is 89.8 Å². The van der Waals surface area contributed by atoms with Gasteiger partial charge < -0.3 is 18.6 Å². The van der Waals surface area contributed by atoms with Gasteiger partial charge in [-0.3, -0.25) is 0 Å². The molecular weight excluding hydrogens is 874 g/mol. The van der Waals surface area contributed by atoms with Gasteiger partial charge >= 0.3 is 0 Å². The van der Waals surface area contributed by atoms with Crippen molar-refractivity contribution in [3.05, 3.63) is 180 Å². The minimum Gasteiger partial charge on any atom is -0.456 e. The van der Waals surface area contributed by atoms with Gasteiger partial charge in [0.15, 0.2) is 0 Å². The number of benzene rings is 9. The predicted molar refractivity (Wildman–Crippen MR) is 305 cm³/mol. The van der Waals surface area contributed by atoms with Gasteiger partial charge in [0.2, 0.25) is 0 Å². The molecule has 346 valence electrons. The first kappa shape index (κ1) is 42.0. The standard InChI is InChI=1S/C66H54B2N2O2/c1-35(2)41-19-23-55-47(27-41)49-29-45(37(5)6)33-53-61(49)69(55)63-59-66(72-57-25-21-43(31-51(57)67(53)59)39-15-11-9-12-16-39)64-60-65(63)71-58-26-22-44(40-17-13-10-14-18-40)32-52(58)68(60)54-34-46(38(7)8)30-50-48-28-42(36(3)4)20-24-56(48)70(64)62(50)54/h9-38H,1-8H3. The van der Waals surface area contributed by atoms with Crippen LogP contribution in [-0.4, -0.2) is 22.6 Å². The lowest BCUT2D eigenvalue weighted by atomic mass is 9.31. The molecule has 15 rings (SSSR count). The van der Waals surface area contributed by atoms with Crippen molar-refractivity contribution < 1.29 is 9.47 Å². The summed E-state index contributed by atoms with van der Waals surface area (Å²) in [5.74, 6) is 5.05. The quantitative estimate of drug-likeness (QED) is 0.155. The van der Waals surface area contributed by atoms with Gasteiger partial charge in [-0.05, 0) is 139 Å². The van der Waals surface area contributed by atoms with E-state index < -0.39 is 0 Å². The van der Waals surface area contributed by atoms with Crippen molar-refractivity contribution in [2.24, 2.45) is 0 Å². The Morgan fingerprint density at radius 3 is 1.12 bits per heavy atom. The summed E-state index contributed by atoms with van der Waals surface area (Å²) in [7, 11) is 0. The lowest BCUT2D eigenvalue weighted by Gasteiger charge is -2.41. The maximum absolute atomic E-state index is 7.79. The van der Waals surface area contributed by atoms with Gasteiger partial charge in [-0.1, -0.05) is 165 Å². The van der Waals surface area contributed by atoms with Crippen molar-refractivity contribution in [2.45, 2.75) is 79.1 Å². The van der Waals surface area contributed by atoms with Crippen molar-refractivity contribution in [1.29, 1.82) is 0 Å². The normalized spacial score (nSPS) is 13.7. The number of fused-ring (bicyclic) bond motifs is 16. The molecule has 4 aliphatic heterocycles. The molecule has 6 heterocycles. The second-order valence-corrected chi connectivity index (χ2v) is 22.3. The molecule has 0 unspecified atom stereocenters. The highest BCUT2D eigenvalue weighted by Crippen LogP contribution is 2.49. The van der Waals surface area contributed by atoms with Crippen LogP contribution in [0.5, 0.6) is 23.0 Å². The van der Waals surface area contributed by atoms with E-state index in [4.69, 9.17) is 9.47 Å². The van der Waals surface area contributed by atoms with E-state index in [2.05, 4.69) is 222 Å². The summed E-state index contributed by atoms with van der Waals surface area (Å²) < 4.78 is 20.8. The van der Waals surface area contributed by atoms with Gasteiger partial charge in [0.05, 0.1) is 22.4 Å². The zero-order valence-electron chi connectivity index (χ0n) is 42.2. The zero-order chi connectivity index (χ0) is 48.6. The van der Waals surface area contributed by atoms with Crippen LogP contribution < -0.4 is 42.3 Å². The van der Waals surface area contributed by atoms with Gasteiger partial charge in [-0.2, -0.15) is 0 Å². The van der Waals surface area contributed by atoms with E-state index in [1.165, 1.54) is 121 Å². The molecule has 4 aliphatic rings. The van der Waals surface area contributed by atoms with Crippen LogP contribution in [0.3, 0.4) is 0 Å². The van der Waals surface area contributed by atoms with Gasteiger partial charge in [0.25, 0.3) is 13.4 Å². The lowest BCUT2D eigenvalue weighted by Crippen LogP contribution is -2.63. The highest BCUT2D eigenvalue weighted by molar-refractivity contribution is 7.02. The van der Waals surface area contributed by atoms with Gasteiger partial charge in [-0.15, -0.1) is 0 Å². The molecule has 6 heteroatoms. The summed E-state index contributed by atoms with van der Waals surface area (Å²) in [6.45, 7) is 18.3. The summed E-state index contributed by atoms with van der Waals surface area (Å²) in [6.07, 6.45) is 0. The molecule has 0 spiro atoms. The molecule has 0 atom stereocenters. The SMILES string of the molecule is CC(C)c1ccc2c(c1)c1cc(C(C)C)cc3c1n2-c1c2c4c(c5c1B3c1cc(-c3ccccc3)ccc1O5)-n1c3ccc(C(C)C)cc3c3cc(C(C)C)cc(c31)B4c1cc(-c3ccccc3)ccc1O2. The fraction of sp³-hybridized carbons (Fsp3) is 0.182. The smallest absolute Gasteiger partial charge is 0.256 e. The number of rotatable bonds is 6. The Morgan fingerprint density at radius 2 is 0.736 bits per heavy atom. The topological polar surface area (TPSA) is 28.3 Å². The van der Waals surface area contributed by atoms with E-state index in [-0.39, 0.29) is 13.4 Å². The Balaban J connectivity index is 1.16. The third-order valence-corrected chi connectivity index (χ3v) is 16.9. The summed E-state index contributed by atoms with van der Waals surface area (Å²) >= 11 is 0. The molecule has 4 nitrogen and oxygen atoms in total. The molecule has 0 radical (unpaired) electrons. The summed E-state index contributed by atoms with van der Waals surface area (Å²) in [4.78, 5) is 0. The Kier molecular flexibility index (Phi) is 8.72. The minimum absolute atomic E-state index is 0.148. The van der Waals surface area contributed by atoms with Crippen LogP contribution in [0, 0.1) is 0 Å². The largest absolute Gasteiger partial charge is 0.456 e. The van der Waals surface area contributed by atoms with Crippen molar-refractivity contribution in [1.82, 2.24) is 9.13 Å². The van der Waals surface area contributed by atoms with Crippen molar-refractivity contribution in [2.75, 3.05) is 0 Å². The van der Waals surface area contributed by atoms with E-state index >= 15 is 0 Å². The maximum atomic E-state index is 7.79. The fourth-order valence-corrected chi connectivity index (χ4v) is 13.2. The first-order valence-corrected chi connectivity index (χ1v) is 26.2. The van der Waals surface area contributed by atoms with Gasteiger partial charge in [-0.25, -0.2) is 0 Å². The Bertz CT molecular complexity index is 3910. The number of hydrogen-bond acceptors (Lipinski definition) is 2. The first-order chi connectivity index (χ1) is 35.0. The molecule has 0 N–H and O–H groups in total. The fourth-order valence-electron chi connectivity index (χ4n) is 13.2. The van der Waals surface area contributed by atoms with Crippen molar-refractivity contribution in [3.8, 4) is 56.6 Å². The van der Waals surface area contributed by atoms with Gasteiger partial charge in [0.1, 0.15) is 23.0 Å². The Hall–Kier alpha value is -7.69. The molecule has 0 bridgehead atoms. The van der Waals surface area contributed by atoms with Crippen LogP contribution in [0.15, 0.2) is 158 Å². The van der Waals surface area contributed by atoms with Crippen LogP contribution in [-0.2, 0) is 0 Å². The molecular formula is C66H54B2N2O2. The number of ether oxygens (including phenoxy) is 2. The summed E-state index contributed by atoms with van der Waals surface area (Å²) in [6, 6.07) is 59.9. The van der Waals surface area contributed by atoms with E-state index in [1.54, 1.807) is 0 Å². The van der Waals surface area contributed by atoms with Crippen LogP contribution in [0.25, 0.3) is 77.2 Å². The number of hydrogen-bond donors (Lipinski definition) is 0. The lowest BCUT2D eigenvalue weighted by molar-refractivity contribution is 0.472. The first-order valence-electron chi connectivity index (χ1n) is 26.2. The molecule has 2 aromatic heterocycles. The summed E-state index contributed by atoms with van der Waals surface area (Å²) in [5.41, 5.74) is 24.5. The third-order valence-electron chi connectivity index (χ3n) is 16.9. The Morgan fingerprint density at radius 1 is 0.347 bits per heavy atom. The highest BCUT2D eigenvalue weighted by Gasteiger charge is 2.51. The minimum atomic E-state index is -0.148. The second kappa shape index (κ2) is 14.9. The molecule has 0 saturated carbocycles. The van der Waals surface area contributed by atoms with E-state index in [1.807, 2.05) is 0 Å². The van der Waals surface area contributed by atoms with E-state index in [9.17, 15) is 0 Å². The highest BCUT2D eigenvalue weighted by atomic mass is 16.5. The molecule has 0 amide bonds. The van der Waals surface area contributed by atoms with Crippen molar-refractivity contribution in [3.63, 3.8) is 0 Å². The molecule has 9 aromatic carbocycles. The van der Waals surface area contributed by atoms with Crippen LogP contribution in [0.2, 0.25) is 0 Å². The molecule has 0 aliphatic carbocycles. The molecule has 0 saturated heterocycles. The average molecular weight is 929 g/mol. The van der Waals surface area contributed by atoms with Gasteiger partial charge in [0, 0.05) is 43.5 Å². The third kappa shape index (κ3) is 5.61. The van der Waals surface area contributed by atoms with E-state index in [0.717, 1.165) is 34.4 Å². The van der Waals surface area contributed by atoms with Crippen LogP contribution in [0.4, 0.5) is 0 Å². The maximum Gasteiger partial charge on any atom is 0.256 e. The Labute approximate surface area is 422 Å². The van der Waals surface area contributed by atoms with Crippen LogP contribution >= 0.6 is 0 Å². The van der Waals surface area contributed by atoms with Crippen LogP contribution in [0.1, 0.15) is 101 Å². The number of aromatic nitrogens is 2. The molecule has 72 heavy (non-hydrogen) atoms. The molecule has 0 fully saturated rings. The zero-order valence-corrected chi connectivity index (χ0v) is 42.2.